The summed E-state index contributed by atoms with van der Waals surface area (Å²) in [6.45, 7) is 0. The second-order valence-electron chi connectivity index (χ2n) is 9.08. The summed E-state index contributed by atoms with van der Waals surface area (Å²) in [4.78, 5) is 0. The summed E-state index contributed by atoms with van der Waals surface area (Å²) in [5, 5.41) is 9.41. The van der Waals surface area contributed by atoms with Crippen molar-refractivity contribution >= 4 is 0 Å². The summed E-state index contributed by atoms with van der Waals surface area (Å²) < 4.78 is 130. The molecule has 0 heterocycles. The predicted molar refractivity (Wildman–Crippen MR) is 134 cm³/mol. The monoisotopic (exact) mass is 574 g/mol. The van der Waals surface area contributed by atoms with E-state index in [-0.39, 0.29) is 29.0 Å². The van der Waals surface area contributed by atoms with E-state index in [9.17, 15) is 40.2 Å². The lowest BCUT2D eigenvalue weighted by atomic mass is 9.94. The highest BCUT2D eigenvalue weighted by Gasteiger charge is 2.41. The Bertz CT molecular complexity index is 1750. The number of phenolic OH excluding ortho intramolecular Hbond substituents is 1. The first-order valence-corrected chi connectivity index (χ1v) is 11.8. The smallest absolute Gasteiger partial charge is 0.304 e. The minimum absolute atomic E-state index is 0.00379. The van der Waals surface area contributed by atoms with E-state index < -0.39 is 68.9 Å². The van der Waals surface area contributed by atoms with Crippen molar-refractivity contribution in [1.29, 1.82) is 0 Å². The molecule has 0 fully saturated rings. The third kappa shape index (κ3) is 5.13. The van der Waals surface area contributed by atoms with Crippen LogP contribution in [0, 0.1) is 40.7 Å². The zero-order chi connectivity index (χ0) is 29.6. The highest BCUT2D eigenvalue weighted by molar-refractivity contribution is 5.74. The van der Waals surface area contributed by atoms with Crippen LogP contribution in [0.2, 0.25) is 0 Å². The number of alkyl halides is 2. The fourth-order valence-electron chi connectivity index (χ4n) is 4.41. The fraction of sp³-hybridized carbons (Fsp3) is 0.0323. The van der Waals surface area contributed by atoms with Gasteiger partial charge in [0.25, 0.3) is 0 Å². The molecule has 0 saturated carbocycles. The molecule has 0 atom stereocenters. The third-order valence-electron chi connectivity index (χ3n) is 6.46. The van der Waals surface area contributed by atoms with Crippen LogP contribution in [0.3, 0.4) is 0 Å². The molecule has 41 heavy (non-hydrogen) atoms. The molecule has 208 valence electrons. The summed E-state index contributed by atoms with van der Waals surface area (Å²) in [7, 11) is 0. The SMILES string of the molecule is Oc1ccc(-c2ccc(-c3ccc(-c4cc(F)c(C(F)(F)c5cc(F)c(F)c(F)c5)c(F)c4)c(F)c3)c(F)c2)cc1. The molecule has 0 unspecified atom stereocenters. The van der Waals surface area contributed by atoms with Crippen LogP contribution in [-0.4, -0.2) is 5.11 Å². The van der Waals surface area contributed by atoms with E-state index in [4.69, 9.17) is 0 Å². The summed E-state index contributed by atoms with van der Waals surface area (Å²) >= 11 is 0. The highest BCUT2D eigenvalue weighted by atomic mass is 19.3. The van der Waals surface area contributed by atoms with Gasteiger partial charge in [-0.2, -0.15) is 8.78 Å². The molecule has 5 aromatic carbocycles. The second kappa shape index (κ2) is 10.3. The Morgan fingerprint density at radius 1 is 0.439 bits per heavy atom. The van der Waals surface area contributed by atoms with Crippen LogP contribution < -0.4 is 0 Å². The molecule has 0 aliphatic rings. The van der Waals surface area contributed by atoms with Crippen molar-refractivity contribution < 1.29 is 44.6 Å². The minimum atomic E-state index is -4.62. The first kappa shape index (κ1) is 27.8. The van der Waals surface area contributed by atoms with Gasteiger partial charge in [-0.15, -0.1) is 0 Å². The molecule has 0 bridgehead atoms. The van der Waals surface area contributed by atoms with E-state index in [1.165, 1.54) is 30.3 Å². The van der Waals surface area contributed by atoms with Crippen molar-refractivity contribution in [3.05, 3.63) is 137 Å². The van der Waals surface area contributed by atoms with Gasteiger partial charge in [-0.3, -0.25) is 0 Å². The molecule has 0 radical (unpaired) electrons. The Morgan fingerprint density at radius 2 is 0.878 bits per heavy atom. The number of hydrogen-bond donors (Lipinski definition) is 1. The number of phenols is 1. The molecule has 0 spiro atoms. The van der Waals surface area contributed by atoms with E-state index in [1.54, 1.807) is 18.2 Å². The molecule has 0 aromatic heterocycles. The Kier molecular flexibility index (Phi) is 7.02. The molecular weight excluding hydrogens is 559 g/mol. The number of rotatable bonds is 5. The maximum absolute atomic E-state index is 15.1. The van der Waals surface area contributed by atoms with E-state index in [1.807, 2.05) is 0 Å². The molecule has 5 rings (SSSR count). The van der Waals surface area contributed by atoms with Crippen molar-refractivity contribution in [1.82, 2.24) is 0 Å². The van der Waals surface area contributed by atoms with Gasteiger partial charge in [0, 0.05) is 16.7 Å². The Labute approximate surface area is 226 Å². The van der Waals surface area contributed by atoms with Crippen LogP contribution in [0.25, 0.3) is 33.4 Å². The first-order valence-electron chi connectivity index (χ1n) is 11.8. The largest absolute Gasteiger partial charge is 0.508 e. The standard InChI is InChI=1S/C31H15F9O/c32-23-9-16(15-1-5-20(41)6-2-15)3-7-21(23)17-4-8-22(24(33)10-17)18-11-25(34)29(26(35)12-18)31(39,40)19-13-27(36)30(38)28(37)14-19/h1-14,41H. The van der Waals surface area contributed by atoms with Crippen molar-refractivity contribution in [3.63, 3.8) is 0 Å². The Balaban J connectivity index is 1.48. The van der Waals surface area contributed by atoms with E-state index in [2.05, 4.69) is 0 Å². The van der Waals surface area contributed by atoms with Crippen LogP contribution in [0.5, 0.6) is 5.75 Å². The molecule has 0 aliphatic heterocycles. The first-order chi connectivity index (χ1) is 19.4. The maximum atomic E-state index is 15.1. The molecule has 0 saturated heterocycles. The number of aromatic hydroxyl groups is 1. The summed E-state index contributed by atoms with van der Waals surface area (Å²) in [6.07, 6.45) is 0. The maximum Gasteiger partial charge on any atom is 0.304 e. The van der Waals surface area contributed by atoms with Crippen LogP contribution in [0.4, 0.5) is 39.5 Å². The van der Waals surface area contributed by atoms with Gasteiger partial charge in [0.2, 0.25) is 0 Å². The average Bonchev–Trinajstić information content (AvgIpc) is 2.91. The van der Waals surface area contributed by atoms with Gasteiger partial charge in [0.05, 0.1) is 5.56 Å². The average molecular weight is 574 g/mol. The van der Waals surface area contributed by atoms with Gasteiger partial charge in [0.1, 0.15) is 29.0 Å². The van der Waals surface area contributed by atoms with Gasteiger partial charge >= 0.3 is 5.92 Å². The molecule has 0 amide bonds. The van der Waals surface area contributed by atoms with Crippen molar-refractivity contribution in [2.24, 2.45) is 0 Å². The Morgan fingerprint density at radius 3 is 1.41 bits per heavy atom. The van der Waals surface area contributed by atoms with Crippen molar-refractivity contribution in [2.45, 2.75) is 5.92 Å². The summed E-state index contributed by atoms with van der Waals surface area (Å²) in [5.41, 5.74) is -3.12. The van der Waals surface area contributed by atoms with Gasteiger partial charge in [0.15, 0.2) is 17.5 Å². The number of hydrogen-bond acceptors (Lipinski definition) is 1. The normalized spacial score (nSPS) is 11.6. The molecular formula is C31H15F9O. The Hall–Kier alpha value is -4.73. The van der Waals surface area contributed by atoms with Crippen LogP contribution >= 0.6 is 0 Å². The highest BCUT2D eigenvalue weighted by Crippen LogP contribution is 2.41. The zero-order valence-corrected chi connectivity index (χ0v) is 20.4. The third-order valence-corrected chi connectivity index (χ3v) is 6.46. The molecule has 10 heteroatoms. The van der Waals surface area contributed by atoms with Gasteiger partial charge in [-0.1, -0.05) is 36.4 Å². The molecule has 5 aromatic rings. The van der Waals surface area contributed by atoms with Gasteiger partial charge in [-0.25, -0.2) is 30.7 Å². The van der Waals surface area contributed by atoms with Crippen LogP contribution in [-0.2, 0) is 5.92 Å². The second-order valence-corrected chi connectivity index (χ2v) is 9.08. The van der Waals surface area contributed by atoms with Crippen LogP contribution in [0.1, 0.15) is 11.1 Å². The zero-order valence-electron chi connectivity index (χ0n) is 20.4. The molecule has 1 N–H and O–H groups in total. The fourth-order valence-corrected chi connectivity index (χ4v) is 4.41. The number of benzene rings is 5. The van der Waals surface area contributed by atoms with Crippen molar-refractivity contribution in [3.8, 4) is 39.1 Å². The predicted octanol–water partition coefficient (Wildman–Crippen LogP) is 9.51. The van der Waals surface area contributed by atoms with Gasteiger partial charge < -0.3 is 5.11 Å². The lowest BCUT2D eigenvalue weighted by Gasteiger charge is -2.20. The minimum Gasteiger partial charge on any atom is -0.508 e. The van der Waals surface area contributed by atoms with E-state index >= 15 is 4.39 Å². The van der Waals surface area contributed by atoms with E-state index in [0.29, 0.717) is 23.3 Å². The van der Waals surface area contributed by atoms with Crippen molar-refractivity contribution in [2.75, 3.05) is 0 Å². The lowest BCUT2D eigenvalue weighted by Crippen LogP contribution is -2.20. The topological polar surface area (TPSA) is 20.2 Å². The molecule has 1 nitrogen and oxygen atoms in total. The molecule has 0 aliphatic carbocycles. The number of halogens is 9. The summed E-state index contributed by atoms with van der Waals surface area (Å²) in [6, 6.07) is 14.1. The quantitative estimate of drug-likeness (QED) is 0.164. The summed E-state index contributed by atoms with van der Waals surface area (Å²) in [5.74, 6) is -16.0. The lowest BCUT2D eigenvalue weighted by molar-refractivity contribution is 0.0339. The van der Waals surface area contributed by atoms with Gasteiger partial charge in [-0.05, 0) is 70.8 Å². The van der Waals surface area contributed by atoms with E-state index in [0.717, 1.165) is 12.1 Å². The van der Waals surface area contributed by atoms with Crippen LogP contribution in [0.15, 0.2) is 84.9 Å².